The normalized spacial score (nSPS) is 10.2. The van der Waals surface area contributed by atoms with Gasteiger partial charge in [-0.05, 0) is 42.0 Å². The monoisotopic (exact) mass is 318 g/mol. The first-order valence-electron chi connectivity index (χ1n) is 6.39. The van der Waals surface area contributed by atoms with Crippen LogP contribution in [-0.4, -0.2) is 29.3 Å². The van der Waals surface area contributed by atoms with Gasteiger partial charge in [0.25, 0.3) is 0 Å². The van der Waals surface area contributed by atoms with Crippen LogP contribution in [0.2, 0.25) is 0 Å². The lowest BCUT2D eigenvalue weighted by Gasteiger charge is -2.07. The second kappa shape index (κ2) is 7.00. The molecule has 0 bridgehead atoms. The summed E-state index contributed by atoms with van der Waals surface area (Å²) in [4.78, 5) is 23.4. The van der Waals surface area contributed by atoms with Gasteiger partial charge in [-0.3, -0.25) is 4.79 Å². The Balaban J connectivity index is 2.13. The molecule has 2 aromatic carbocycles. The molecule has 0 saturated carbocycles. The van der Waals surface area contributed by atoms with Gasteiger partial charge in [0.1, 0.15) is 5.75 Å². The molecule has 0 radical (unpaired) electrons. The van der Waals surface area contributed by atoms with Crippen LogP contribution in [-0.2, 0) is 16.0 Å². The van der Waals surface area contributed by atoms with Crippen LogP contribution in [0.5, 0.6) is 5.75 Å². The Labute approximate surface area is 131 Å². The summed E-state index contributed by atoms with van der Waals surface area (Å²) in [5.41, 5.74) is 0.989. The van der Waals surface area contributed by atoms with Crippen molar-refractivity contribution in [3.8, 4) is 5.75 Å². The number of aromatic hydroxyl groups is 1. The second-order valence-electron chi connectivity index (χ2n) is 4.49. The largest absolute Gasteiger partial charge is 0.507 e. The van der Waals surface area contributed by atoms with Crippen LogP contribution in [0.15, 0.2) is 52.3 Å². The van der Waals surface area contributed by atoms with Crippen molar-refractivity contribution < 1.29 is 24.5 Å². The van der Waals surface area contributed by atoms with E-state index in [2.05, 4.69) is 4.74 Å². The number of ether oxygens (including phenoxy) is 1. The number of methoxy groups -OCH3 is 1. The Hall–Kier alpha value is -2.47. The van der Waals surface area contributed by atoms with Crippen molar-refractivity contribution in [3.05, 3.63) is 53.6 Å². The SMILES string of the molecule is COC(=O)c1ccc(Sc2ccc(CC(=O)O)cc2O)cc1. The Morgan fingerprint density at radius 2 is 1.82 bits per heavy atom. The van der Waals surface area contributed by atoms with Crippen LogP contribution in [0, 0.1) is 0 Å². The minimum atomic E-state index is -0.946. The average Bonchev–Trinajstić information content (AvgIpc) is 2.49. The molecule has 2 aromatic rings. The summed E-state index contributed by atoms with van der Waals surface area (Å²) in [5.74, 6) is -1.32. The number of phenols is 1. The van der Waals surface area contributed by atoms with Gasteiger partial charge in [0.2, 0.25) is 0 Å². The molecule has 0 fully saturated rings. The van der Waals surface area contributed by atoms with Gasteiger partial charge in [0, 0.05) is 4.90 Å². The van der Waals surface area contributed by atoms with Crippen molar-refractivity contribution in [3.63, 3.8) is 0 Å². The van der Waals surface area contributed by atoms with Gasteiger partial charge < -0.3 is 14.9 Å². The number of benzene rings is 2. The number of phenolic OH excluding ortho intramolecular Hbond substituents is 1. The number of aliphatic carboxylic acids is 1. The topological polar surface area (TPSA) is 83.8 Å². The fourth-order valence-electron chi connectivity index (χ4n) is 1.84. The lowest BCUT2D eigenvalue weighted by molar-refractivity contribution is -0.136. The van der Waals surface area contributed by atoms with Gasteiger partial charge in [-0.25, -0.2) is 4.79 Å². The molecule has 0 aliphatic rings. The first-order chi connectivity index (χ1) is 10.5. The standard InChI is InChI=1S/C16H14O5S/c1-21-16(20)11-3-5-12(6-4-11)22-14-7-2-10(8-13(14)17)9-15(18)19/h2-8,17H,9H2,1H3,(H,18,19). The quantitative estimate of drug-likeness (QED) is 0.825. The maximum Gasteiger partial charge on any atom is 0.337 e. The van der Waals surface area contributed by atoms with E-state index in [4.69, 9.17) is 5.11 Å². The van der Waals surface area contributed by atoms with Crippen LogP contribution in [0.1, 0.15) is 15.9 Å². The van der Waals surface area contributed by atoms with Crippen molar-refractivity contribution >= 4 is 23.7 Å². The summed E-state index contributed by atoms with van der Waals surface area (Å²) in [5, 5.41) is 18.7. The summed E-state index contributed by atoms with van der Waals surface area (Å²) < 4.78 is 4.62. The Kier molecular flexibility index (Phi) is 5.06. The third-order valence-electron chi connectivity index (χ3n) is 2.88. The summed E-state index contributed by atoms with van der Waals surface area (Å²) in [6.07, 6.45) is -0.133. The van der Waals surface area contributed by atoms with Gasteiger partial charge in [0.05, 0.1) is 24.0 Å². The van der Waals surface area contributed by atoms with E-state index in [1.54, 1.807) is 36.4 Å². The highest BCUT2D eigenvalue weighted by Crippen LogP contribution is 2.35. The predicted octanol–water partition coefficient (Wildman–Crippen LogP) is 2.96. The number of carboxylic acids is 1. The van der Waals surface area contributed by atoms with Crippen molar-refractivity contribution in [1.29, 1.82) is 0 Å². The molecule has 0 saturated heterocycles. The maximum atomic E-state index is 11.3. The highest BCUT2D eigenvalue weighted by molar-refractivity contribution is 7.99. The number of hydrogen-bond acceptors (Lipinski definition) is 5. The highest BCUT2D eigenvalue weighted by Gasteiger charge is 2.09. The van der Waals surface area contributed by atoms with Crippen LogP contribution in [0.25, 0.3) is 0 Å². The molecule has 0 aliphatic carbocycles. The molecule has 114 valence electrons. The van der Waals surface area contributed by atoms with Crippen molar-refractivity contribution in [1.82, 2.24) is 0 Å². The summed E-state index contributed by atoms with van der Waals surface area (Å²) in [6.45, 7) is 0. The maximum absolute atomic E-state index is 11.3. The molecule has 2 rings (SSSR count). The Morgan fingerprint density at radius 1 is 1.14 bits per heavy atom. The molecule has 5 nitrogen and oxygen atoms in total. The van der Waals surface area contributed by atoms with E-state index in [1.165, 1.54) is 24.9 Å². The van der Waals surface area contributed by atoms with Gasteiger partial charge in [-0.2, -0.15) is 0 Å². The minimum Gasteiger partial charge on any atom is -0.507 e. The van der Waals surface area contributed by atoms with E-state index >= 15 is 0 Å². The Morgan fingerprint density at radius 3 is 2.36 bits per heavy atom. The number of carbonyl (C=O) groups excluding carboxylic acids is 1. The summed E-state index contributed by atoms with van der Waals surface area (Å²) in [7, 11) is 1.32. The first kappa shape index (κ1) is 15.9. The highest BCUT2D eigenvalue weighted by atomic mass is 32.2. The van der Waals surface area contributed by atoms with Gasteiger partial charge in [-0.15, -0.1) is 0 Å². The molecular weight excluding hydrogens is 304 g/mol. The third-order valence-corrected chi connectivity index (χ3v) is 3.95. The van der Waals surface area contributed by atoms with Crippen LogP contribution < -0.4 is 0 Å². The third kappa shape index (κ3) is 4.02. The van der Waals surface area contributed by atoms with E-state index in [0.717, 1.165) is 4.90 Å². The molecule has 0 spiro atoms. The molecule has 6 heteroatoms. The first-order valence-corrected chi connectivity index (χ1v) is 7.21. The molecule has 0 amide bonds. The minimum absolute atomic E-state index is 0.0285. The number of rotatable bonds is 5. The molecule has 0 unspecified atom stereocenters. The molecule has 0 heterocycles. The summed E-state index contributed by atoms with van der Waals surface area (Å²) >= 11 is 1.32. The van der Waals surface area contributed by atoms with Crippen molar-refractivity contribution in [2.75, 3.05) is 7.11 Å². The van der Waals surface area contributed by atoms with E-state index < -0.39 is 11.9 Å². The van der Waals surface area contributed by atoms with Crippen molar-refractivity contribution in [2.45, 2.75) is 16.2 Å². The zero-order valence-electron chi connectivity index (χ0n) is 11.8. The number of carbonyl (C=O) groups is 2. The average molecular weight is 318 g/mol. The van der Waals surface area contributed by atoms with E-state index in [0.29, 0.717) is 16.0 Å². The van der Waals surface area contributed by atoms with Crippen LogP contribution in [0.3, 0.4) is 0 Å². The second-order valence-corrected chi connectivity index (χ2v) is 5.61. The number of hydrogen-bond donors (Lipinski definition) is 2. The van der Waals surface area contributed by atoms with E-state index in [9.17, 15) is 14.7 Å². The molecule has 0 aromatic heterocycles. The smallest absolute Gasteiger partial charge is 0.337 e. The van der Waals surface area contributed by atoms with Gasteiger partial charge in [-0.1, -0.05) is 17.8 Å². The van der Waals surface area contributed by atoms with Crippen LogP contribution >= 0.6 is 11.8 Å². The fourth-order valence-corrected chi connectivity index (χ4v) is 2.66. The zero-order chi connectivity index (χ0) is 16.1. The van der Waals surface area contributed by atoms with E-state index in [1.807, 2.05) is 0 Å². The molecule has 22 heavy (non-hydrogen) atoms. The zero-order valence-corrected chi connectivity index (χ0v) is 12.6. The summed E-state index contributed by atoms with van der Waals surface area (Å²) in [6, 6.07) is 11.6. The van der Waals surface area contributed by atoms with Crippen molar-refractivity contribution in [2.24, 2.45) is 0 Å². The lowest BCUT2D eigenvalue weighted by atomic mass is 10.1. The van der Waals surface area contributed by atoms with E-state index in [-0.39, 0.29) is 12.2 Å². The molecule has 0 aliphatic heterocycles. The lowest BCUT2D eigenvalue weighted by Crippen LogP contribution is -2.00. The molecule has 2 N–H and O–H groups in total. The van der Waals surface area contributed by atoms with Crippen LogP contribution in [0.4, 0.5) is 0 Å². The fraction of sp³-hybridized carbons (Fsp3) is 0.125. The Bertz CT molecular complexity index is 694. The van der Waals surface area contributed by atoms with Gasteiger partial charge >= 0.3 is 11.9 Å². The van der Waals surface area contributed by atoms with Gasteiger partial charge in [0.15, 0.2) is 0 Å². The number of carboxylic acid groups (broad SMARTS) is 1. The molecule has 0 atom stereocenters. The molecular formula is C16H14O5S. The number of esters is 1. The predicted molar refractivity (Wildman–Crippen MR) is 81.4 cm³/mol.